The zero-order valence-electron chi connectivity index (χ0n) is 14.4. The molecule has 6 heteroatoms. The van der Waals surface area contributed by atoms with Gasteiger partial charge in [0.15, 0.2) is 0 Å². The van der Waals surface area contributed by atoms with E-state index in [0.29, 0.717) is 6.42 Å². The van der Waals surface area contributed by atoms with Crippen molar-refractivity contribution in [3.05, 3.63) is 0 Å². The van der Waals surface area contributed by atoms with Gasteiger partial charge in [0.1, 0.15) is 16.9 Å². The molecule has 0 bridgehead atoms. The normalized spacial score (nSPS) is 25.0. The van der Waals surface area contributed by atoms with Crippen LogP contribution in [0.25, 0.3) is 0 Å². The molecular formula is C15H28N2O4. The minimum atomic E-state index is -0.718. The van der Waals surface area contributed by atoms with Crippen molar-refractivity contribution in [3.8, 4) is 0 Å². The molecule has 1 fully saturated rings. The number of carbonyl (C=O) groups excluding carboxylic acids is 2. The van der Waals surface area contributed by atoms with E-state index in [4.69, 9.17) is 9.47 Å². The summed E-state index contributed by atoms with van der Waals surface area (Å²) in [6.45, 7) is 12.8. The highest BCUT2D eigenvalue weighted by atomic mass is 16.6. The Bertz CT molecular complexity index is 422. The summed E-state index contributed by atoms with van der Waals surface area (Å²) in [5.74, 6) is 0.155. The van der Waals surface area contributed by atoms with Gasteiger partial charge in [-0.3, -0.25) is 10.2 Å². The largest absolute Gasteiger partial charge is 0.444 e. The highest BCUT2D eigenvalue weighted by molar-refractivity contribution is 5.74. The average Bonchev–Trinajstić information content (AvgIpc) is 2.83. The molecule has 6 nitrogen and oxygen atoms in total. The molecule has 0 spiro atoms. The van der Waals surface area contributed by atoms with Crippen LogP contribution < -0.4 is 5.32 Å². The zero-order valence-corrected chi connectivity index (χ0v) is 14.4. The highest BCUT2D eigenvalue weighted by Crippen LogP contribution is 2.45. The zero-order chi connectivity index (χ0) is 16.6. The van der Waals surface area contributed by atoms with Crippen LogP contribution in [0.3, 0.4) is 0 Å². The van der Waals surface area contributed by atoms with Crippen LogP contribution in [0.2, 0.25) is 0 Å². The van der Waals surface area contributed by atoms with Crippen LogP contribution in [0.5, 0.6) is 0 Å². The van der Waals surface area contributed by atoms with E-state index in [9.17, 15) is 9.59 Å². The number of nitrogens with one attached hydrogen (secondary N) is 1. The standard InChI is InChI=1S/C15H28N2O4/c1-10-9-15(10,16-11(18)20-13(2,3)4)17(8)12(19)21-14(5,6)7/h10H,9H2,1-8H3,(H,16,18). The number of hydrogen-bond acceptors (Lipinski definition) is 4. The third-order valence-corrected chi connectivity index (χ3v) is 3.26. The van der Waals surface area contributed by atoms with Crippen molar-refractivity contribution in [1.29, 1.82) is 0 Å². The van der Waals surface area contributed by atoms with Gasteiger partial charge in [-0.1, -0.05) is 6.92 Å². The van der Waals surface area contributed by atoms with Crippen LogP contribution in [0, 0.1) is 5.92 Å². The summed E-state index contributed by atoms with van der Waals surface area (Å²) in [5, 5.41) is 2.80. The smallest absolute Gasteiger partial charge is 0.411 e. The van der Waals surface area contributed by atoms with Gasteiger partial charge >= 0.3 is 12.2 Å². The Balaban J connectivity index is 2.73. The second kappa shape index (κ2) is 5.39. The molecule has 0 aromatic rings. The Hall–Kier alpha value is -1.46. The number of ether oxygens (including phenoxy) is 2. The molecule has 122 valence electrons. The van der Waals surface area contributed by atoms with Gasteiger partial charge in [-0.15, -0.1) is 0 Å². The van der Waals surface area contributed by atoms with E-state index in [2.05, 4.69) is 5.32 Å². The number of nitrogens with zero attached hydrogens (tertiary/aromatic N) is 1. The molecule has 1 aliphatic rings. The highest BCUT2D eigenvalue weighted by Gasteiger charge is 2.58. The molecule has 21 heavy (non-hydrogen) atoms. The fourth-order valence-corrected chi connectivity index (χ4v) is 2.11. The molecular weight excluding hydrogens is 272 g/mol. The summed E-state index contributed by atoms with van der Waals surface area (Å²) in [6.07, 6.45) is -0.299. The lowest BCUT2D eigenvalue weighted by molar-refractivity contribution is 0.00877. The van der Waals surface area contributed by atoms with E-state index < -0.39 is 29.1 Å². The summed E-state index contributed by atoms with van der Waals surface area (Å²) in [6, 6.07) is 0. The maximum absolute atomic E-state index is 12.2. The van der Waals surface area contributed by atoms with Gasteiger partial charge in [-0.05, 0) is 48.0 Å². The molecule has 0 heterocycles. The monoisotopic (exact) mass is 300 g/mol. The molecule has 1 rings (SSSR count). The van der Waals surface area contributed by atoms with E-state index in [1.165, 1.54) is 4.90 Å². The number of carbonyl (C=O) groups is 2. The average molecular weight is 300 g/mol. The first-order chi connectivity index (χ1) is 9.27. The Kier molecular flexibility index (Phi) is 4.51. The van der Waals surface area contributed by atoms with Crippen molar-refractivity contribution >= 4 is 12.2 Å². The first kappa shape index (κ1) is 17.6. The van der Waals surface area contributed by atoms with Crippen molar-refractivity contribution in [1.82, 2.24) is 10.2 Å². The molecule has 0 aromatic carbocycles. The molecule has 0 aliphatic heterocycles. The van der Waals surface area contributed by atoms with E-state index >= 15 is 0 Å². The summed E-state index contributed by atoms with van der Waals surface area (Å²) in [7, 11) is 1.63. The maximum Gasteiger partial charge on any atom is 0.411 e. The van der Waals surface area contributed by atoms with Gasteiger partial charge in [0.05, 0.1) is 0 Å². The molecule has 0 aromatic heterocycles. The fraction of sp³-hybridized carbons (Fsp3) is 0.867. The molecule has 2 amide bonds. The topological polar surface area (TPSA) is 67.9 Å². The lowest BCUT2D eigenvalue weighted by Crippen LogP contribution is -2.54. The van der Waals surface area contributed by atoms with Crippen LogP contribution in [0.4, 0.5) is 9.59 Å². The second-order valence-corrected chi connectivity index (χ2v) is 7.70. The summed E-state index contributed by atoms with van der Waals surface area (Å²) in [5.41, 5.74) is -1.87. The van der Waals surface area contributed by atoms with Gasteiger partial charge in [-0.25, -0.2) is 9.59 Å². The maximum atomic E-state index is 12.2. The van der Waals surface area contributed by atoms with Gasteiger partial charge in [0.25, 0.3) is 0 Å². The van der Waals surface area contributed by atoms with E-state index in [1.54, 1.807) is 27.8 Å². The Morgan fingerprint density at radius 3 is 1.86 bits per heavy atom. The lowest BCUT2D eigenvalue weighted by Gasteiger charge is -2.32. The SMILES string of the molecule is CC1CC1(NC(=O)OC(C)(C)C)N(C)C(=O)OC(C)(C)C. The Morgan fingerprint density at radius 2 is 1.52 bits per heavy atom. The van der Waals surface area contributed by atoms with Crippen LogP contribution in [0.1, 0.15) is 54.9 Å². The lowest BCUT2D eigenvalue weighted by atomic mass is 10.2. The predicted molar refractivity (Wildman–Crippen MR) is 79.9 cm³/mol. The van der Waals surface area contributed by atoms with Crippen molar-refractivity contribution in [2.24, 2.45) is 5.92 Å². The molecule has 0 radical (unpaired) electrons. The number of rotatable bonds is 2. The quantitative estimate of drug-likeness (QED) is 0.796. The van der Waals surface area contributed by atoms with Crippen LogP contribution in [-0.4, -0.2) is 41.0 Å². The van der Waals surface area contributed by atoms with Gasteiger partial charge in [-0.2, -0.15) is 0 Å². The summed E-state index contributed by atoms with van der Waals surface area (Å²) in [4.78, 5) is 25.6. The van der Waals surface area contributed by atoms with Crippen molar-refractivity contribution in [3.63, 3.8) is 0 Å². The third kappa shape index (κ3) is 4.79. The number of amides is 2. The number of hydrogen-bond donors (Lipinski definition) is 1. The van der Waals surface area contributed by atoms with E-state index in [0.717, 1.165) is 0 Å². The van der Waals surface area contributed by atoms with Crippen LogP contribution >= 0.6 is 0 Å². The Morgan fingerprint density at radius 1 is 1.10 bits per heavy atom. The molecule has 2 atom stereocenters. The van der Waals surface area contributed by atoms with Gasteiger partial charge in [0, 0.05) is 13.0 Å². The molecule has 1 saturated carbocycles. The van der Waals surface area contributed by atoms with Crippen LogP contribution in [-0.2, 0) is 9.47 Å². The molecule has 1 aliphatic carbocycles. The van der Waals surface area contributed by atoms with Crippen LogP contribution in [0.15, 0.2) is 0 Å². The second-order valence-electron chi connectivity index (χ2n) is 7.70. The predicted octanol–water partition coefficient (Wildman–Crippen LogP) is 3.11. The fourth-order valence-electron chi connectivity index (χ4n) is 2.11. The van der Waals surface area contributed by atoms with E-state index in [-0.39, 0.29) is 5.92 Å². The summed E-state index contributed by atoms with van der Waals surface area (Å²) >= 11 is 0. The molecule has 2 unspecified atom stereocenters. The minimum Gasteiger partial charge on any atom is -0.444 e. The minimum absolute atomic E-state index is 0.155. The first-order valence-corrected chi connectivity index (χ1v) is 7.25. The van der Waals surface area contributed by atoms with Gasteiger partial charge < -0.3 is 9.47 Å². The Labute approximate surface area is 127 Å². The van der Waals surface area contributed by atoms with Crippen molar-refractivity contribution < 1.29 is 19.1 Å². The van der Waals surface area contributed by atoms with Crippen molar-refractivity contribution in [2.45, 2.75) is 71.8 Å². The summed E-state index contributed by atoms with van der Waals surface area (Å²) < 4.78 is 10.6. The van der Waals surface area contributed by atoms with E-state index in [1.807, 2.05) is 27.7 Å². The first-order valence-electron chi connectivity index (χ1n) is 7.25. The molecule has 1 N–H and O–H groups in total. The number of alkyl carbamates (subject to hydrolysis) is 1. The molecule has 0 saturated heterocycles. The van der Waals surface area contributed by atoms with Gasteiger partial charge in [0.2, 0.25) is 0 Å². The van der Waals surface area contributed by atoms with Crippen molar-refractivity contribution in [2.75, 3.05) is 7.05 Å². The third-order valence-electron chi connectivity index (χ3n) is 3.26.